The molecular formula is C22H21N3O2. The van der Waals surface area contributed by atoms with E-state index < -0.39 is 0 Å². The van der Waals surface area contributed by atoms with Crippen molar-refractivity contribution in [3.63, 3.8) is 0 Å². The van der Waals surface area contributed by atoms with Crippen LogP contribution in [0.4, 0.5) is 0 Å². The molecule has 0 atom stereocenters. The summed E-state index contributed by atoms with van der Waals surface area (Å²) in [5.74, 6) is 0.897. The highest BCUT2D eigenvalue weighted by Crippen LogP contribution is 2.29. The topological polar surface area (TPSA) is 70.8 Å². The molecule has 0 saturated heterocycles. The van der Waals surface area contributed by atoms with Crippen LogP contribution in [-0.2, 0) is 13.0 Å². The third-order valence-corrected chi connectivity index (χ3v) is 4.62. The summed E-state index contributed by atoms with van der Waals surface area (Å²) < 4.78 is 5.97. The molecule has 0 unspecified atom stereocenters. The predicted molar refractivity (Wildman–Crippen MR) is 105 cm³/mol. The van der Waals surface area contributed by atoms with Gasteiger partial charge >= 0.3 is 0 Å². The van der Waals surface area contributed by atoms with Gasteiger partial charge in [0.1, 0.15) is 12.4 Å². The van der Waals surface area contributed by atoms with Crippen LogP contribution >= 0.6 is 0 Å². The largest absolute Gasteiger partial charge is 0.487 e. The van der Waals surface area contributed by atoms with Crippen LogP contribution in [0.25, 0.3) is 10.9 Å². The third kappa shape index (κ3) is 3.92. The van der Waals surface area contributed by atoms with E-state index in [1.807, 2.05) is 48.5 Å². The number of aromatic amines is 2. The van der Waals surface area contributed by atoms with E-state index in [0.29, 0.717) is 13.0 Å². The van der Waals surface area contributed by atoms with Gasteiger partial charge in [-0.1, -0.05) is 42.5 Å². The summed E-state index contributed by atoms with van der Waals surface area (Å²) in [6, 6.07) is 15.9. The fourth-order valence-electron chi connectivity index (χ4n) is 3.21. The summed E-state index contributed by atoms with van der Waals surface area (Å²) in [6.45, 7) is 0.492. The summed E-state index contributed by atoms with van der Waals surface area (Å²) in [7, 11) is 0. The summed E-state index contributed by atoms with van der Waals surface area (Å²) in [6.07, 6.45) is 7.36. The molecule has 2 aromatic heterocycles. The Hall–Kier alpha value is -3.34. The third-order valence-electron chi connectivity index (χ3n) is 4.62. The molecule has 4 aromatic rings. The zero-order chi connectivity index (χ0) is 18.5. The Morgan fingerprint density at radius 2 is 1.93 bits per heavy atom. The van der Waals surface area contributed by atoms with Crippen molar-refractivity contribution in [3.05, 3.63) is 84.1 Å². The highest BCUT2D eigenvalue weighted by atomic mass is 16.5. The number of ether oxygens (including phenoxy) is 1. The minimum atomic E-state index is 0.140. The van der Waals surface area contributed by atoms with Crippen LogP contribution in [0.3, 0.4) is 0 Å². The van der Waals surface area contributed by atoms with Crippen LogP contribution in [0.1, 0.15) is 34.5 Å². The number of carbonyl (C=O) groups is 1. The number of ketones is 1. The molecule has 2 aromatic carbocycles. The second kappa shape index (κ2) is 7.91. The molecular weight excluding hydrogens is 338 g/mol. The van der Waals surface area contributed by atoms with Gasteiger partial charge in [0.2, 0.25) is 0 Å². The van der Waals surface area contributed by atoms with E-state index in [2.05, 4.69) is 15.0 Å². The van der Waals surface area contributed by atoms with Crippen LogP contribution in [-0.4, -0.2) is 20.7 Å². The molecule has 0 fully saturated rings. The minimum Gasteiger partial charge on any atom is -0.487 e. The van der Waals surface area contributed by atoms with Gasteiger partial charge < -0.3 is 14.7 Å². The second-order valence-corrected chi connectivity index (χ2v) is 6.51. The monoisotopic (exact) mass is 359 g/mol. The van der Waals surface area contributed by atoms with E-state index in [-0.39, 0.29) is 5.78 Å². The van der Waals surface area contributed by atoms with Crippen LogP contribution in [0.2, 0.25) is 0 Å². The quantitative estimate of drug-likeness (QED) is 0.449. The fraction of sp³-hybridized carbons (Fsp3) is 0.182. The lowest BCUT2D eigenvalue weighted by atomic mass is 10.0. The molecule has 0 aliphatic carbocycles. The molecule has 0 aliphatic rings. The van der Waals surface area contributed by atoms with Crippen molar-refractivity contribution in [1.82, 2.24) is 15.0 Å². The molecule has 0 bridgehead atoms. The number of aromatic nitrogens is 3. The van der Waals surface area contributed by atoms with Gasteiger partial charge in [-0.25, -0.2) is 4.98 Å². The number of Topliss-reactive ketones (excluding diaryl/α,β-unsaturated/α-hetero) is 1. The first-order valence-electron chi connectivity index (χ1n) is 9.08. The minimum absolute atomic E-state index is 0.140. The average Bonchev–Trinajstić information content (AvgIpc) is 3.37. The zero-order valence-corrected chi connectivity index (χ0v) is 14.9. The number of para-hydroxylation sites is 1. The van der Waals surface area contributed by atoms with Gasteiger partial charge in [-0.2, -0.15) is 0 Å². The number of aryl methyl sites for hydroxylation is 1. The summed E-state index contributed by atoms with van der Waals surface area (Å²) in [5, 5.41) is 0.909. The Kier molecular flexibility index (Phi) is 5.01. The zero-order valence-electron chi connectivity index (χ0n) is 14.9. The van der Waals surface area contributed by atoms with Crippen molar-refractivity contribution in [2.45, 2.75) is 25.9 Å². The van der Waals surface area contributed by atoms with Gasteiger partial charge in [0, 0.05) is 35.5 Å². The number of carbonyl (C=O) groups excluding carboxylic acids is 1. The number of fused-ring (bicyclic) bond motifs is 1. The predicted octanol–water partition coefficient (Wildman–Crippen LogP) is 4.68. The number of nitrogens with zero attached hydrogens (tertiary/aromatic N) is 1. The Morgan fingerprint density at radius 3 is 2.74 bits per heavy atom. The number of rotatable bonds is 8. The number of hydrogen-bond donors (Lipinski definition) is 2. The number of imidazole rings is 1. The lowest BCUT2D eigenvalue weighted by Gasteiger charge is -2.07. The maximum absolute atomic E-state index is 12.7. The Labute approximate surface area is 157 Å². The Morgan fingerprint density at radius 1 is 1.04 bits per heavy atom. The Balaban J connectivity index is 1.45. The van der Waals surface area contributed by atoms with E-state index in [4.69, 9.17) is 4.74 Å². The first kappa shape index (κ1) is 17.1. The van der Waals surface area contributed by atoms with E-state index in [0.717, 1.165) is 46.3 Å². The van der Waals surface area contributed by atoms with Gasteiger partial charge in [-0.3, -0.25) is 4.79 Å². The molecule has 4 rings (SSSR count). The normalized spacial score (nSPS) is 11.0. The van der Waals surface area contributed by atoms with E-state index in [1.54, 1.807) is 18.7 Å². The lowest BCUT2D eigenvalue weighted by molar-refractivity contribution is 0.0982. The molecule has 2 heterocycles. The molecule has 0 saturated carbocycles. The highest BCUT2D eigenvalue weighted by Gasteiger charge is 2.14. The van der Waals surface area contributed by atoms with Crippen LogP contribution in [0.5, 0.6) is 5.75 Å². The molecule has 0 amide bonds. The molecule has 27 heavy (non-hydrogen) atoms. The second-order valence-electron chi connectivity index (χ2n) is 6.51. The van der Waals surface area contributed by atoms with Crippen molar-refractivity contribution in [2.24, 2.45) is 0 Å². The van der Waals surface area contributed by atoms with Crippen molar-refractivity contribution in [2.75, 3.05) is 0 Å². The number of nitrogens with one attached hydrogen (secondary N) is 2. The van der Waals surface area contributed by atoms with Crippen molar-refractivity contribution in [1.29, 1.82) is 0 Å². The SMILES string of the molecule is O=C(CCCc1cnc[nH]1)c1c[nH]c2c(OCc3ccccc3)cccc12. The summed E-state index contributed by atoms with van der Waals surface area (Å²) in [5.41, 5.74) is 3.75. The van der Waals surface area contributed by atoms with Crippen molar-refractivity contribution in [3.8, 4) is 5.75 Å². The molecule has 136 valence electrons. The van der Waals surface area contributed by atoms with Crippen LogP contribution in [0, 0.1) is 0 Å². The maximum Gasteiger partial charge on any atom is 0.165 e. The molecule has 5 heteroatoms. The summed E-state index contributed by atoms with van der Waals surface area (Å²) in [4.78, 5) is 22.9. The fourth-order valence-corrected chi connectivity index (χ4v) is 3.21. The molecule has 2 N–H and O–H groups in total. The van der Waals surface area contributed by atoms with Gasteiger partial charge in [-0.15, -0.1) is 0 Å². The number of benzene rings is 2. The smallest absolute Gasteiger partial charge is 0.165 e. The molecule has 0 aliphatic heterocycles. The van der Waals surface area contributed by atoms with Gasteiger partial charge in [-0.05, 0) is 24.5 Å². The first-order chi connectivity index (χ1) is 13.3. The van der Waals surface area contributed by atoms with E-state index in [9.17, 15) is 4.79 Å². The number of hydrogen-bond acceptors (Lipinski definition) is 3. The van der Waals surface area contributed by atoms with Crippen molar-refractivity contribution >= 4 is 16.7 Å². The lowest BCUT2D eigenvalue weighted by Crippen LogP contribution is -1.99. The average molecular weight is 359 g/mol. The van der Waals surface area contributed by atoms with Crippen LogP contribution < -0.4 is 4.74 Å². The highest BCUT2D eigenvalue weighted by molar-refractivity contribution is 6.08. The molecule has 0 spiro atoms. The van der Waals surface area contributed by atoms with Gasteiger partial charge in [0.15, 0.2) is 5.78 Å². The van der Waals surface area contributed by atoms with Gasteiger partial charge in [0.25, 0.3) is 0 Å². The Bertz CT molecular complexity index is 1020. The standard InChI is InChI=1S/C22H21N3O2/c26-20(10-4-8-17-12-23-15-25-17)19-13-24-22-18(19)9-5-11-21(22)27-14-16-6-2-1-3-7-16/h1-3,5-7,9,11-13,15,24H,4,8,10,14H2,(H,23,25). The first-order valence-corrected chi connectivity index (χ1v) is 9.08. The molecule has 5 nitrogen and oxygen atoms in total. The van der Waals surface area contributed by atoms with Gasteiger partial charge in [0.05, 0.1) is 11.8 Å². The number of H-pyrrole nitrogens is 2. The maximum atomic E-state index is 12.7. The summed E-state index contributed by atoms with van der Waals surface area (Å²) >= 11 is 0. The van der Waals surface area contributed by atoms with Crippen molar-refractivity contribution < 1.29 is 9.53 Å². The van der Waals surface area contributed by atoms with Crippen LogP contribution in [0.15, 0.2) is 67.3 Å². The van der Waals surface area contributed by atoms with E-state index >= 15 is 0 Å². The molecule has 0 radical (unpaired) electrons. The van der Waals surface area contributed by atoms with E-state index in [1.165, 1.54) is 0 Å².